The maximum atomic E-state index is 12.5. The molecule has 18 heavy (non-hydrogen) atoms. The van der Waals surface area contributed by atoms with Gasteiger partial charge in [-0.05, 0) is 43.9 Å². The van der Waals surface area contributed by atoms with Crippen LogP contribution in [0.4, 0.5) is 0 Å². The van der Waals surface area contributed by atoms with Gasteiger partial charge in [0.15, 0.2) is 0 Å². The van der Waals surface area contributed by atoms with Crippen LogP contribution in [0.5, 0.6) is 0 Å². The predicted octanol–water partition coefficient (Wildman–Crippen LogP) is 2.12. The van der Waals surface area contributed by atoms with E-state index in [4.69, 9.17) is 0 Å². The minimum Gasteiger partial charge on any atom is -0.340 e. The van der Waals surface area contributed by atoms with Gasteiger partial charge in [-0.1, -0.05) is 13.8 Å². The first-order valence-electron chi connectivity index (χ1n) is 7.09. The Balaban J connectivity index is 2.02. The van der Waals surface area contributed by atoms with Gasteiger partial charge in [0, 0.05) is 18.3 Å². The number of nitrogens with one attached hydrogen (secondary N) is 1. The molecular formula is C14H26N2OS. The Morgan fingerprint density at radius 3 is 2.89 bits per heavy atom. The SMILES string of the molecule is CNC1CC(C)(C)CCN(CC2CCCS2)C1=O. The Labute approximate surface area is 115 Å². The molecule has 0 radical (unpaired) electrons. The smallest absolute Gasteiger partial charge is 0.239 e. The minimum atomic E-state index is 0.00824. The van der Waals surface area contributed by atoms with Gasteiger partial charge in [0.25, 0.3) is 0 Å². The summed E-state index contributed by atoms with van der Waals surface area (Å²) in [5, 5.41) is 3.88. The van der Waals surface area contributed by atoms with Crippen molar-refractivity contribution in [3.63, 3.8) is 0 Å². The van der Waals surface area contributed by atoms with Crippen molar-refractivity contribution in [1.29, 1.82) is 0 Å². The molecule has 104 valence electrons. The average Bonchev–Trinajstić information content (AvgIpc) is 2.79. The highest BCUT2D eigenvalue weighted by molar-refractivity contribution is 8.00. The van der Waals surface area contributed by atoms with Gasteiger partial charge in [0.1, 0.15) is 0 Å². The molecule has 2 aliphatic heterocycles. The molecule has 2 heterocycles. The van der Waals surface area contributed by atoms with Gasteiger partial charge in [-0.2, -0.15) is 11.8 Å². The number of likely N-dealkylation sites (N-methyl/N-ethyl adjacent to an activating group) is 1. The third kappa shape index (κ3) is 3.41. The highest BCUT2D eigenvalue weighted by Crippen LogP contribution is 2.32. The Kier molecular flexibility index (Phi) is 4.59. The summed E-state index contributed by atoms with van der Waals surface area (Å²) >= 11 is 2.04. The summed E-state index contributed by atoms with van der Waals surface area (Å²) in [4.78, 5) is 14.6. The van der Waals surface area contributed by atoms with Gasteiger partial charge >= 0.3 is 0 Å². The van der Waals surface area contributed by atoms with Crippen LogP contribution in [-0.4, -0.2) is 48.0 Å². The van der Waals surface area contributed by atoms with E-state index in [0.29, 0.717) is 11.2 Å². The van der Waals surface area contributed by atoms with Gasteiger partial charge in [-0.3, -0.25) is 4.79 Å². The van der Waals surface area contributed by atoms with Crippen molar-refractivity contribution in [3.8, 4) is 0 Å². The molecule has 0 saturated carbocycles. The van der Waals surface area contributed by atoms with E-state index in [2.05, 4.69) is 24.1 Å². The quantitative estimate of drug-likeness (QED) is 0.852. The summed E-state index contributed by atoms with van der Waals surface area (Å²) in [7, 11) is 1.91. The summed E-state index contributed by atoms with van der Waals surface area (Å²) in [6.45, 7) is 6.44. The van der Waals surface area contributed by atoms with Gasteiger partial charge in [0.05, 0.1) is 6.04 Å². The summed E-state index contributed by atoms with van der Waals surface area (Å²) < 4.78 is 0. The van der Waals surface area contributed by atoms with Crippen LogP contribution in [0.3, 0.4) is 0 Å². The lowest BCUT2D eigenvalue weighted by atomic mass is 9.83. The first-order chi connectivity index (χ1) is 8.52. The first kappa shape index (κ1) is 14.2. The van der Waals surface area contributed by atoms with E-state index >= 15 is 0 Å². The largest absolute Gasteiger partial charge is 0.340 e. The number of amides is 1. The van der Waals surface area contributed by atoms with Crippen molar-refractivity contribution in [1.82, 2.24) is 10.2 Å². The molecule has 2 unspecified atom stereocenters. The summed E-state index contributed by atoms with van der Waals surface area (Å²) in [6, 6.07) is 0.00824. The summed E-state index contributed by atoms with van der Waals surface area (Å²) in [5.74, 6) is 1.59. The van der Waals surface area contributed by atoms with Crippen LogP contribution in [0.1, 0.15) is 39.5 Å². The maximum Gasteiger partial charge on any atom is 0.239 e. The molecule has 2 atom stereocenters. The second kappa shape index (κ2) is 5.83. The van der Waals surface area contributed by atoms with Crippen molar-refractivity contribution in [3.05, 3.63) is 0 Å². The third-order valence-corrected chi connectivity index (χ3v) is 5.60. The zero-order chi connectivity index (χ0) is 13.2. The molecule has 4 heteroatoms. The van der Waals surface area contributed by atoms with Crippen molar-refractivity contribution >= 4 is 17.7 Å². The zero-order valence-corrected chi connectivity index (χ0v) is 12.7. The highest BCUT2D eigenvalue weighted by Gasteiger charge is 2.35. The molecule has 0 aromatic carbocycles. The van der Waals surface area contributed by atoms with Gasteiger partial charge < -0.3 is 10.2 Å². The van der Waals surface area contributed by atoms with Crippen molar-refractivity contribution in [2.45, 2.75) is 50.8 Å². The van der Waals surface area contributed by atoms with Crippen LogP contribution >= 0.6 is 11.8 Å². The van der Waals surface area contributed by atoms with E-state index in [1.54, 1.807) is 0 Å². The molecule has 0 aromatic heterocycles. The zero-order valence-electron chi connectivity index (χ0n) is 11.9. The molecule has 2 saturated heterocycles. The Hall–Kier alpha value is -0.220. The number of hydrogen-bond donors (Lipinski definition) is 1. The molecule has 3 nitrogen and oxygen atoms in total. The fraction of sp³-hybridized carbons (Fsp3) is 0.929. The lowest BCUT2D eigenvalue weighted by Crippen LogP contribution is -2.46. The topological polar surface area (TPSA) is 32.3 Å². The van der Waals surface area contributed by atoms with Crippen LogP contribution in [-0.2, 0) is 4.79 Å². The number of rotatable bonds is 3. The lowest BCUT2D eigenvalue weighted by Gasteiger charge is -2.26. The molecular weight excluding hydrogens is 244 g/mol. The van der Waals surface area contributed by atoms with Crippen LogP contribution in [0, 0.1) is 5.41 Å². The minimum absolute atomic E-state index is 0.00824. The Morgan fingerprint density at radius 1 is 1.50 bits per heavy atom. The average molecular weight is 270 g/mol. The van der Waals surface area contributed by atoms with E-state index < -0.39 is 0 Å². The number of nitrogens with zero attached hydrogens (tertiary/aromatic N) is 1. The molecule has 0 aliphatic carbocycles. The molecule has 2 aliphatic rings. The fourth-order valence-electron chi connectivity index (χ4n) is 2.95. The van der Waals surface area contributed by atoms with E-state index in [0.717, 1.165) is 25.9 Å². The van der Waals surface area contributed by atoms with Crippen LogP contribution < -0.4 is 5.32 Å². The summed E-state index contributed by atoms with van der Waals surface area (Å²) in [5.41, 5.74) is 0.265. The number of carbonyl (C=O) groups excluding carboxylic acids is 1. The second-order valence-corrected chi connectivity index (χ2v) is 7.79. The standard InChI is InChI=1S/C14H26N2OS/c1-14(2)6-7-16(10-11-5-4-8-18-11)13(17)12(9-14)15-3/h11-12,15H,4-10H2,1-3H3. The molecule has 2 rings (SSSR count). The Morgan fingerprint density at radius 2 is 2.28 bits per heavy atom. The molecule has 0 aromatic rings. The number of thioether (sulfide) groups is 1. The van der Waals surface area contributed by atoms with Crippen molar-refractivity contribution < 1.29 is 4.79 Å². The van der Waals surface area contributed by atoms with Crippen LogP contribution in [0.2, 0.25) is 0 Å². The first-order valence-corrected chi connectivity index (χ1v) is 8.14. The number of carbonyl (C=O) groups is 1. The summed E-state index contributed by atoms with van der Waals surface area (Å²) in [6.07, 6.45) is 4.67. The second-order valence-electron chi connectivity index (χ2n) is 6.38. The highest BCUT2D eigenvalue weighted by atomic mass is 32.2. The molecule has 0 bridgehead atoms. The van der Waals surface area contributed by atoms with Crippen LogP contribution in [0.25, 0.3) is 0 Å². The van der Waals surface area contributed by atoms with E-state index in [1.165, 1.54) is 18.6 Å². The van der Waals surface area contributed by atoms with Gasteiger partial charge in [-0.15, -0.1) is 0 Å². The monoisotopic (exact) mass is 270 g/mol. The normalized spacial score (nSPS) is 32.6. The van der Waals surface area contributed by atoms with Gasteiger partial charge in [-0.25, -0.2) is 0 Å². The van der Waals surface area contributed by atoms with E-state index in [9.17, 15) is 4.79 Å². The van der Waals surface area contributed by atoms with E-state index in [1.807, 2.05) is 18.8 Å². The Bertz CT molecular complexity index is 300. The van der Waals surface area contributed by atoms with Crippen molar-refractivity contribution in [2.75, 3.05) is 25.9 Å². The molecule has 2 fully saturated rings. The van der Waals surface area contributed by atoms with Gasteiger partial charge in [0.2, 0.25) is 5.91 Å². The number of hydrogen-bond acceptors (Lipinski definition) is 3. The van der Waals surface area contributed by atoms with E-state index in [-0.39, 0.29) is 11.5 Å². The molecule has 1 amide bonds. The van der Waals surface area contributed by atoms with Crippen LogP contribution in [0.15, 0.2) is 0 Å². The lowest BCUT2D eigenvalue weighted by molar-refractivity contribution is -0.132. The molecule has 0 spiro atoms. The predicted molar refractivity (Wildman–Crippen MR) is 77.9 cm³/mol. The number of likely N-dealkylation sites (tertiary alicyclic amines) is 1. The fourth-order valence-corrected chi connectivity index (χ4v) is 4.24. The molecule has 1 N–H and O–H groups in total. The van der Waals surface area contributed by atoms with Crippen molar-refractivity contribution in [2.24, 2.45) is 5.41 Å². The third-order valence-electron chi connectivity index (χ3n) is 4.22. The maximum absolute atomic E-state index is 12.5.